The lowest BCUT2D eigenvalue weighted by atomic mass is 9.94. The van der Waals surface area contributed by atoms with Gasteiger partial charge in [0.15, 0.2) is 0 Å². The molecule has 0 saturated carbocycles. The third-order valence-electron chi connectivity index (χ3n) is 4.03. The summed E-state index contributed by atoms with van der Waals surface area (Å²) in [5.74, 6) is 1.58. The molecule has 0 aromatic rings. The van der Waals surface area contributed by atoms with Crippen molar-refractivity contribution >= 4 is 0 Å². The van der Waals surface area contributed by atoms with Gasteiger partial charge in [-0.15, -0.1) is 0 Å². The molecule has 1 aliphatic carbocycles. The van der Waals surface area contributed by atoms with E-state index < -0.39 is 0 Å². The molecular weight excluding hydrogens is 236 g/mol. The van der Waals surface area contributed by atoms with Crippen LogP contribution in [-0.4, -0.2) is 50.3 Å². The lowest BCUT2D eigenvalue weighted by Crippen LogP contribution is -2.48. The van der Waals surface area contributed by atoms with Gasteiger partial charge in [0.25, 0.3) is 0 Å². The van der Waals surface area contributed by atoms with Crippen LogP contribution in [0.25, 0.3) is 0 Å². The second kappa shape index (κ2) is 8.03. The van der Waals surface area contributed by atoms with Gasteiger partial charge >= 0.3 is 0 Å². The number of ether oxygens (including phenoxy) is 1. The molecule has 0 radical (unpaired) electrons. The van der Waals surface area contributed by atoms with Crippen molar-refractivity contribution in [2.24, 2.45) is 11.8 Å². The zero-order chi connectivity index (χ0) is 13.5. The van der Waals surface area contributed by atoms with Crippen LogP contribution in [0.5, 0.6) is 0 Å². The van der Waals surface area contributed by atoms with Crippen LogP contribution < -0.4 is 5.32 Å². The molecule has 2 atom stereocenters. The predicted molar refractivity (Wildman–Crippen MR) is 80.4 cm³/mol. The highest BCUT2D eigenvalue weighted by atomic mass is 16.5. The highest BCUT2D eigenvalue weighted by molar-refractivity contribution is 4.90. The largest absolute Gasteiger partial charge is 0.374 e. The zero-order valence-corrected chi connectivity index (χ0v) is 12.6. The quantitative estimate of drug-likeness (QED) is 0.747. The number of nitrogens with zero attached hydrogens (tertiary/aromatic N) is 1. The van der Waals surface area contributed by atoms with Gasteiger partial charge < -0.3 is 10.1 Å². The molecule has 110 valence electrons. The highest BCUT2D eigenvalue weighted by Gasteiger charge is 2.21. The van der Waals surface area contributed by atoms with E-state index in [4.69, 9.17) is 4.74 Å². The fraction of sp³-hybridized carbons (Fsp3) is 0.875. The molecule has 19 heavy (non-hydrogen) atoms. The Balaban J connectivity index is 1.61. The molecule has 3 heteroatoms. The number of allylic oxidation sites excluding steroid dienone is 2. The van der Waals surface area contributed by atoms with Crippen LogP contribution in [0.1, 0.15) is 33.1 Å². The fourth-order valence-electron chi connectivity index (χ4n) is 3.08. The third kappa shape index (κ3) is 5.64. The van der Waals surface area contributed by atoms with E-state index in [0.29, 0.717) is 6.10 Å². The molecule has 3 nitrogen and oxygen atoms in total. The predicted octanol–water partition coefficient (Wildman–Crippen LogP) is 2.29. The van der Waals surface area contributed by atoms with E-state index >= 15 is 0 Å². The molecule has 0 bridgehead atoms. The molecule has 2 unspecified atom stereocenters. The van der Waals surface area contributed by atoms with Crippen LogP contribution in [0.3, 0.4) is 0 Å². The van der Waals surface area contributed by atoms with Crippen molar-refractivity contribution in [2.45, 2.75) is 39.2 Å². The van der Waals surface area contributed by atoms with E-state index in [2.05, 4.69) is 36.2 Å². The average molecular weight is 266 g/mol. The first-order valence-electron chi connectivity index (χ1n) is 7.93. The number of hydrogen-bond acceptors (Lipinski definition) is 3. The normalized spacial score (nSPS) is 29.0. The van der Waals surface area contributed by atoms with Crippen molar-refractivity contribution in [1.29, 1.82) is 0 Å². The van der Waals surface area contributed by atoms with Crippen molar-refractivity contribution in [3.8, 4) is 0 Å². The third-order valence-corrected chi connectivity index (χ3v) is 4.03. The molecule has 1 aliphatic heterocycles. The summed E-state index contributed by atoms with van der Waals surface area (Å²) in [6.45, 7) is 11.0. The Labute approximate surface area is 118 Å². The van der Waals surface area contributed by atoms with Crippen LogP contribution >= 0.6 is 0 Å². The van der Waals surface area contributed by atoms with Gasteiger partial charge in [-0.1, -0.05) is 26.0 Å². The Morgan fingerprint density at radius 2 is 2.21 bits per heavy atom. The number of hydrogen-bond donors (Lipinski definition) is 1. The van der Waals surface area contributed by atoms with Crippen molar-refractivity contribution in [3.63, 3.8) is 0 Å². The first-order chi connectivity index (χ1) is 9.24. The summed E-state index contributed by atoms with van der Waals surface area (Å²) in [5, 5.41) is 3.61. The Morgan fingerprint density at radius 1 is 1.32 bits per heavy atom. The van der Waals surface area contributed by atoms with Gasteiger partial charge in [-0.2, -0.15) is 0 Å². The van der Waals surface area contributed by atoms with Gasteiger partial charge in [-0.25, -0.2) is 0 Å². The first-order valence-corrected chi connectivity index (χ1v) is 7.93. The van der Waals surface area contributed by atoms with Crippen molar-refractivity contribution in [2.75, 3.05) is 39.3 Å². The van der Waals surface area contributed by atoms with Crippen LogP contribution in [0.15, 0.2) is 12.2 Å². The molecule has 0 amide bonds. The fourth-order valence-corrected chi connectivity index (χ4v) is 3.08. The molecule has 1 N–H and O–H groups in total. The summed E-state index contributed by atoms with van der Waals surface area (Å²) in [6, 6.07) is 0. The monoisotopic (exact) mass is 266 g/mol. The smallest absolute Gasteiger partial charge is 0.0826 e. The number of nitrogens with one attached hydrogen (secondary N) is 1. The van der Waals surface area contributed by atoms with E-state index in [9.17, 15) is 0 Å². The van der Waals surface area contributed by atoms with Gasteiger partial charge in [0.2, 0.25) is 0 Å². The lowest BCUT2D eigenvalue weighted by molar-refractivity contribution is -0.0305. The maximum absolute atomic E-state index is 5.86. The van der Waals surface area contributed by atoms with Gasteiger partial charge in [-0.05, 0) is 37.6 Å². The topological polar surface area (TPSA) is 24.5 Å². The van der Waals surface area contributed by atoms with Gasteiger partial charge in [0.05, 0.1) is 12.7 Å². The molecule has 1 heterocycles. The van der Waals surface area contributed by atoms with Crippen LogP contribution in [0, 0.1) is 11.8 Å². The molecule has 2 rings (SSSR count). The van der Waals surface area contributed by atoms with E-state index in [1.165, 1.54) is 25.8 Å². The molecule has 1 fully saturated rings. The van der Waals surface area contributed by atoms with E-state index in [0.717, 1.165) is 44.6 Å². The van der Waals surface area contributed by atoms with Gasteiger partial charge in [-0.3, -0.25) is 4.90 Å². The Hall–Kier alpha value is -0.380. The minimum atomic E-state index is 0.381. The second-order valence-electron chi connectivity index (χ2n) is 6.45. The van der Waals surface area contributed by atoms with E-state index in [1.807, 2.05) is 0 Å². The van der Waals surface area contributed by atoms with E-state index in [-0.39, 0.29) is 0 Å². The van der Waals surface area contributed by atoms with E-state index in [1.54, 1.807) is 0 Å². The van der Waals surface area contributed by atoms with Crippen molar-refractivity contribution in [3.05, 3.63) is 12.2 Å². The molecule has 0 aromatic heterocycles. The minimum Gasteiger partial charge on any atom is -0.374 e. The Bertz CT molecular complexity index is 278. The molecule has 1 saturated heterocycles. The van der Waals surface area contributed by atoms with Crippen LogP contribution in [-0.2, 0) is 4.74 Å². The van der Waals surface area contributed by atoms with Crippen molar-refractivity contribution < 1.29 is 4.74 Å². The zero-order valence-electron chi connectivity index (χ0n) is 12.6. The molecule has 0 aromatic carbocycles. The Kier molecular flexibility index (Phi) is 6.35. The summed E-state index contributed by atoms with van der Waals surface area (Å²) in [7, 11) is 0. The summed E-state index contributed by atoms with van der Waals surface area (Å²) >= 11 is 0. The highest BCUT2D eigenvalue weighted by Crippen LogP contribution is 2.17. The maximum Gasteiger partial charge on any atom is 0.0826 e. The Morgan fingerprint density at radius 3 is 2.95 bits per heavy atom. The summed E-state index contributed by atoms with van der Waals surface area (Å²) in [6.07, 6.45) is 8.87. The number of morpholine rings is 1. The maximum atomic E-state index is 5.86. The molecular formula is C16H30N2O. The van der Waals surface area contributed by atoms with Crippen LogP contribution in [0.2, 0.25) is 0 Å². The van der Waals surface area contributed by atoms with Crippen LogP contribution in [0.4, 0.5) is 0 Å². The second-order valence-corrected chi connectivity index (χ2v) is 6.45. The first kappa shape index (κ1) is 15.0. The molecule has 0 spiro atoms. The van der Waals surface area contributed by atoms with Gasteiger partial charge in [0.1, 0.15) is 0 Å². The standard InChI is InChI=1S/C16H30N2O/c1-14(2)12-18-8-9-19-16(13-18)11-17-10-15-6-4-3-5-7-15/h3-4,14-17H,5-13H2,1-2H3. The van der Waals surface area contributed by atoms with Gasteiger partial charge in [0, 0.05) is 26.2 Å². The number of rotatable bonds is 6. The SMILES string of the molecule is CC(C)CN1CCOC(CNCC2CC=CCC2)C1. The molecule has 2 aliphatic rings. The minimum absolute atomic E-state index is 0.381. The average Bonchev–Trinajstić information content (AvgIpc) is 2.40. The lowest BCUT2D eigenvalue weighted by Gasteiger charge is -2.34. The summed E-state index contributed by atoms with van der Waals surface area (Å²) in [5.41, 5.74) is 0. The van der Waals surface area contributed by atoms with Crippen molar-refractivity contribution in [1.82, 2.24) is 10.2 Å². The summed E-state index contributed by atoms with van der Waals surface area (Å²) in [4.78, 5) is 2.55. The summed E-state index contributed by atoms with van der Waals surface area (Å²) < 4.78 is 5.86.